The minimum absolute atomic E-state index is 0.145. The number of thioether (sulfide) groups is 1. The number of nitrogens with zero attached hydrogens (tertiary/aromatic N) is 5. The number of benzene rings is 1. The van der Waals surface area contributed by atoms with E-state index in [1.807, 2.05) is 4.40 Å². The smallest absolute Gasteiger partial charge is 0.243 e. The van der Waals surface area contributed by atoms with E-state index in [-0.39, 0.29) is 16.6 Å². The first-order valence-electron chi connectivity index (χ1n) is 13.1. The molecule has 4 heterocycles. The molecule has 1 aliphatic carbocycles. The first kappa shape index (κ1) is 25.7. The largest absolute Gasteiger partial charge is 0.325 e. The zero-order valence-corrected chi connectivity index (χ0v) is 23.7. The molecule has 3 aromatic heterocycles. The Labute approximate surface area is 230 Å². The Bertz CT molecular complexity index is 1590. The molecule has 200 valence electrons. The summed E-state index contributed by atoms with van der Waals surface area (Å²) in [5.74, 6) is 0.631. The Hall–Kier alpha value is -2.54. The Morgan fingerprint density at radius 1 is 1.13 bits per heavy atom. The zero-order valence-electron chi connectivity index (χ0n) is 21.2. The maximum absolute atomic E-state index is 13.0. The van der Waals surface area contributed by atoms with E-state index < -0.39 is 10.0 Å². The summed E-state index contributed by atoms with van der Waals surface area (Å²) in [6, 6.07) is 6.41. The number of carbonyl (C=O) groups is 1. The van der Waals surface area contributed by atoms with Gasteiger partial charge in [0.2, 0.25) is 15.9 Å². The van der Waals surface area contributed by atoms with Gasteiger partial charge in [0.1, 0.15) is 11.2 Å². The molecule has 1 saturated heterocycles. The molecule has 38 heavy (non-hydrogen) atoms. The van der Waals surface area contributed by atoms with Gasteiger partial charge < -0.3 is 5.32 Å². The van der Waals surface area contributed by atoms with E-state index in [1.165, 1.54) is 28.6 Å². The van der Waals surface area contributed by atoms with Crippen LogP contribution in [0.3, 0.4) is 0 Å². The predicted octanol–water partition coefficient (Wildman–Crippen LogP) is 4.76. The third kappa shape index (κ3) is 4.94. The second kappa shape index (κ2) is 10.6. The number of aryl methyl sites for hydroxylation is 1. The van der Waals surface area contributed by atoms with Crippen molar-refractivity contribution >= 4 is 60.6 Å². The number of amides is 1. The number of rotatable bonds is 6. The van der Waals surface area contributed by atoms with Crippen LogP contribution in [0.15, 0.2) is 40.6 Å². The van der Waals surface area contributed by atoms with Crippen molar-refractivity contribution in [2.24, 2.45) is 5.92 Å². The Kier molecular flexibility index (Phi) is 7.14. The highest BCUT2D eigenvalue weighted by Crippen LogP contribution is 2.39. The maximum atomic E-state index is 13.0. The molecule has 9 nitrogen and oxygen atoms in total. The number of carbonyl (C=O) groups excluding carboxylic acids is 1. The second-order valence-corrected chi connectivity index (χ2v) is 14.1. The van der Waals surface area contributed by atoms with Crippen LogP contribution >= 0.6 is 23.1 Å². The van der Waals surface area contributed by atoms with Gasteiger partial charge in [-0.05, 0) is 67.9 Å². The lowest BCUT2D eigenvalue weighted by Crippen LogP contribution is -2.31. The summed E-state index contributed by atoms with van der Waals surface area (Å²) in [5.41, 5.74) is 2.70. The molecule has 1 fully saturated rings. The lowest BCUT2D eigenvalue weighted by molar-refractivity contribution is -0.113. The highest BCUT2D eigenvalue weighted by molar-refractivity contribution is 7.99. The fourth-order valence-corrected chi connectivity index (χ4v) is 8.85. The number of hydrogen-bond acceptors (Lipinski definition) is 8. The quantitative estimate of drug-likeness (QED) is 0.333. The summed E-state index contributed by atoms with van der Waals surface area (Å²) in [6.45, 7) is 3.41. The molecule has 1 N–H and O–H groups in total. The molecule has 4 aromatic rings. The van der Waals surface area contributed by atoms with Crippen LogP contribution in [0.1, 0.15) is 49.5 Å². The van der Waals surface area contributed by atoms with Gasteiger partial charge in [0.05, 0.1) is 16.0 Å². The summed E-state index contributed by atoms with van der Waals surface area (Å²) >= 11 is 3.05. The molecule has 6 rings (SSSR count). The number of anilines is 1. The van der Waals surface area contributed by atoms with Gasteiger partial charge in [-0.2, -0.15) is 4.31 Å². The van der Waals surface area contributed by atoms with Crippen LogP contribution in [0.2, 0.25) is 0 Å². The number of sulfonamides is 1. The van der Waals surface area contributed by atoms with Gasteiger partial charge in [-0.1, -0.05) is 31.5 Å². The molecule has 1 atom stereocenters. The van der Waals surface area contributed by atoms with E-state index in [2.05, 4.69) is 27.4 Å². The number of nitrogens with one attached hydrogen (secondary N) is 1. The summed E-state index contributed by atoms with van der Waals surface area (Å²) in [4.78, 5) is 20.0. The van der Waals surface area contributed by atoms with Crippen molar-refractivity contribution in [1.29, 1.82) is 0 Å². The molecule has 1 aliphatic heterocycles. The van der Waals surface area contributed by atoms with Crippen LogP contribution < -0.4 is 5.32 Å². The minimum atomic E-state index is -3.52. The number of aromatic nitrogens is 4. The molecule has 0 unspecified atom stereocenters. The van der Waals surface area contributed by atoms with Gasteiger partial charge in [0, 0.05) is 23.7 Å². The van der Waals surface area contributed by atoms with E-state index >= 15 is 0 Å². The fraction of sp³-hybridized carbons (Fsp3) is 0.462. The number of thiophene rings is 1. The van der Waals surface area contributed by atoms with Gasteiger partial charge in [0.25, 0.3) is 0 Å². The van der Waals surface area contributed by atoms with E-state index in [4.69, 9.17) is 0 Å². The fourth-order valence-electron chi connectivity index (χ4n) is 5.29. The van der Waals surface area contributed by atoms with Crippen molar-refractivity contribution < 1.29 is 13.2 Å². The van der Waals surface area contributed by atoms with Crippen LogP contribution in [0, 0.1) is 5.92 Å². The standard InChI is InChI=1S/C26H30N6O3S3/c1-17-6-11-20-21(14-17)37-25-23(20)24-29-30-26(32(24)16-27-25)36-15-22(33)28-18-7-9-19(10-8-18)38(34,35)31-12-4-2-3-5-13-31/h7-10,16-17H,2-6,11-15H2,1H3,(H,28,33)/t17-/m0/s1. The summed E-state index contributed by atoms with van der Waals surface area (Å²) in [7, 11) is -3.52. The van der Waals surface area contributed by atoms with Gasteiger partial charge in [-0.15, -0.1) is 21.5 Å². The summed E-state index contributed by atoms with van der Waals surface area (Å²) in [5, 5.41) is 13.4. The van der Waals surface area contributed by atoms with Crippen molar-refractivity contribution in [2.45, 2.75) is 61.9 Å². The topological polar surface area (TPSA) is 110 Å². The molecular weight excluding hydrogens is 541 g/mol. The molecular formula is C26H30N6O3S3. The van der Waals surface area contributed by atoms with Crippen molar-refractivity contribution in [3.8, 4) is 0 Å². The highest BCUT2D eigenvalue weighted by Gasteiger charge is 2.26. The second-order valence-electron chi connectivity index (χ2n) is 10.1. The maximum Gasteiger partial charge on any atom is 0.243 e. The first-order valence-corrected chi connectivity index (χ1v) is 16.3. The van der Waals surface area contributed by atoms with Crippen molar-refractivity contribution in [1.82, 2.24) is 23.9 Å². The van der Waals surface area contributed by atoms with Crippen molar-refractivity contribution in [3.05, 3.63) is 41.0 Å². The average Bonchev–Trinajstić information content (AvgIpc) is 3.36. The zero-order chi connectivity index (χ0) is 26.3. The Morgan fingerprint density at radius 3 is 2.66 bits per heavy atom. The van der Waals surface area contributed by atoms with Gasteiger partial charge >= 0.3 is 0 Å². The van der Waals surface area contributed by atoms with E-state index in [9.17, 15) is 13.2 Å². The lowest BCUT2D eigenvalue weighted by atomic mass is 9.89. The monoisotopic (exact) mass is 570 g/mol. The van der Waals surface area contributed by atoms with Crippen LogP contribution in [0.5, 0.6) is 0 Å². The first-order chi connectivity index (χ1) is 18.4. The third-order valence-electron chi connectivity index (χ3n) is 7.34. The molecule has 12 heteroatoms. The molecule has 0 saturated carbocycles. The SMILES string of the molecule is C[C@H]1CCc2c(sc3ncn4c(SCC(=O)Nc5ccc(S(=O)(=O)N6CCCCCC6)cc5)nnc4c23)C1. The van der Waals surface area contributed by atoms with Crippen molar-refractivity contribution in [3.63, 3.8) is 0 Å². The molecule has 0 bridgehead atoms. The van der Waals surface area contributed by atoms with Crippen LogP contribution in [0.25, 0.3) is 15.9 Å². The normalized spacial score (nSPS) is 18.9. The highest BCUT2D eigenvalue weighted by atomic mass is 32.2. The van der Waals surface area contributed by atoms with Crippen molar-refractivity contribution in [2.75, 3.05) is 24.2 Å². The Morgan fingerprint density at radius 2 is 1.89 bits per heavy atom. The molecule has 2 aliphatic rings. The third-order valence-corrected chi connectivity index (χ3v) is 11.4. The predicted molar refractivity (Wildman–Crippen MR) is 150 cm³/mol. The van der Waals surface area contributed by atoms with E-state index in [0.717, 1.165) is 54.4 Å². The van der Waals surface area contributed by atoms with Gasteiger partial charge in [-0.3, -0.25) is 9.20 Å². The van der Waals surface area contributed by atoms with Crippen LogP contribution in [0.4, 0.5) is 5.69 Å². The number of hydrogen-bond donors (Lipinski definition) is 1. The summed E-state index contributed by atoms with van der Waals surface area (Å²) < 4.78 is 29.4. The van der Waals surface area contributed by atoms with Gasteiger partial charge in [-0.25, -0.2) is 13.4 Å². The summed E-state index contributed by atoms with van der Waals surface area (Å²) in [6.07, 6.45) is 8.95. The van der Waals surface area contributed by atoms with Crippen LogP contribution in [-0.2, 0) is 27.7 Å². The van der Waals surface area contributed by atoms with Crippen LogP contribution in [-0.4, -0.2) is 57.1 Å². The lowest BCUT2D eigenvalue weighted by Gasteiger charge is -2.20. The van der Waals surface area contributed by atoms with E-state index in [1.54, 1.807) is 46.2 Å². The molecule has 0 spiro atoms. The average molecular weight is 571 g/mol. The molecule has 1 amide bonds. The van der Waals surface area contributed by atoms with E-state index in [0.29, 0.717) is 29.9 Å². The Balaban J connectivity index is 1.12. The minimum Gasteiger partial charge on any atom is -0.325 e. The number of fused-ring (bicyclic) bond motifs is 5. The molecule has 0 radical (unpaired) electrons. The van der Waals surface area contributed by atoms with Gasteiger partial charge in [0.15, 0.2) is 10.8 Å². The molecule has 1 aromatic carbocycles.